The predicted octanol–water partition coefficient (Wildman–Crippen LogP) is 4.07. The number of nitrogens with zero attached hydrogens (tertiary/aromatic N) is 3. The van der Waals surface area contributed by atoms with Gasteiger partial charge in [-0.25, -0.2) is 4.98 Å². The minimum Gasteiger partial charge on any atom is -0.383 e. The van der Waals surface area contributed by atoms with E-state index in [1.165, 1.54) is 0 Å². The molecule has 0 aliphatic heterocycles. The molecule has 0 aliphatic carbocycles. The van der Waals surface area contributed by atoms with Crippen molar-refractivity contribution in [1.82, 2.24) is 9.38 Å². The van der Waals surface area contributed by atoms with Gasteiger partial charge >= 0.3 is 0 Å². The van der Waals surface area contributed by atoms with E-state index < -0.39 is 0 Å². The summed E-state index contributed by atoms with van der Waals surface area (Å²) in [6.07, 6.45) is 1.97. The summed E-state index contributed by atoms with van der Waals surface area (Å²) in [4.78, 5) is 6.62. The molecule has 2 heterocycles. The smallest absolute Gasteiger partial charge is 0.139 e. The van der Waals surface area contributed by atoms with Crippen molar-refractivity contribution in [1.29, 1.82) is 0 Å². The Bertz CT molecular complexity index is 826. The quantitative estimate of drug-likeness (QED) is 0.745. The van der Waals surface area contributed by atoms with Crippen LogP contribution in [0.5, 0.6) is 0 Å². The van der Waals surface area contributed by atoms with Crippen molar-refractivity contribution in [2.24, 2.45) is 0 Å². The van der Waals surface area contributed by atoms with Gasteiger partial charge in [0.05, 0.1) is 10.7 Å². The van der Waals surface area contributed by atoms with Gasteiger partial charge in [0, 0.05) is 30.3 Å². The fraction of sp³-hybridized carbons (Fsp3) is 0.133. The van der Waals surface area contributed by atoms with Crippen molar-refractivity contribution in [3.05, 3.63) is 46.0 Å². The summed E-state index contributed by atoms with van der Waals surface area (Å²) in [5.74, 6) is 0.604. The van der Waals surface area contributed by atoms with E-state index in [4.69, 9.17) is 17.3 Å². The second kappa shape index (κ2) is 5.24. The van der Waals surface area contributed by atoms with Crippen molar-refractivity contribution in [3.63, 3.8) is 0 Å². The number of imidazole rings is 1. The van der Waals surface area contributed by atoms with Crippen LogP contribution in [-0.2, 0) is 0 Å². The molecule has 6 heteroatoms. The van der Waals surface area contributed by atoms with Gasteiger partial charge < -0.3 is 10.6 Å². The molecule has 0 spiro atoms. The molecule has 21 heavy (non-hydrogen) atoms. The number of hydrogen-bond donors (Lipinski definition) is 1. The monoisotopic (exact) mass is 364 g/mol. The van der Waals surface area contributed by atoms with Crippen molar-refractivity contribution < 1.29 is 0 Å². The fourth-order valence-corrected chi connectivity index (χ4v) is 2.60. The topological polar surface area (TPSA) is 46.6 Å². The second-order valence-corrected chi connectivity index (χ2v) is 6.25. The Balaban J connectivity index is 2.19. The Kier molecular flexibility index (Phi) is 3.55. The Morgan fingerprint density at radius 2 is 2.00 bits per heavy atom. The number of aromatic nitrogens is 2. The van der Waals surface area contributed by atoms with Crippen molar-refractivity contribution >= 4 is 44.7 Å². The van der Waals surface area contributed by atoms with Crippen LogP contribution < -0.4 is 10.6 Å². The molecule has 0 fully saturated rings. The first kappa shape index (κ1) is 14.2. The van der Waals surface area contributed by atoms with E-state index >= 15 is 0 Å². The Labute approximate surface area is 136 Å². The minimum absolute atomic E-state index is 0.604. The highest BCUT2D eigenvalue weighted by Crippen LogP contribution is 2.32. The molecule has 2 aromatic heterocycles. The molecule has 0 unspecified atom stereocenters. The van der Waals surface area contributed by atoms with Crippen LogP contribution in [0.4, 0.5) is 11.5 Å². The highest BCUT2D eigenvalue weighted by molar-refractivity contribution is 9.10. The van der Waals surface area contributed by atoms with Gasteiger partial charge in [-0.15, -0.1) is 0 Å². The maximum absolute atomic E-state index is 6.26. The molecule has 1 aromatic carbocycles. The lowest BCUT2D eigenvalue weighted by molar-refractivity contribution is 1.09. The number of nitrogen functional groups attached to an aromatic ring is 1. The van der Waals surface area contributed by atoms with Crippen LogP contribution in [0.1, 0.15) is 0 Å². The zero-order valence-electron chi connectivity index (χ0n) is 11.6. The third-order valence-corrected chi connectivity index (χ3v) is 4.58. The van der Waals surface area contributed by atoms with E-state index in [9.17, 15) is 0 Å². The average molecular weight is 366 g/mol. The van der Waals surface area contributed by atoms with E-state index in [1.807, 2.05) is 59.9 Å². The largest absolute Gasteiger partial charge is 0.383 e. The van der Waals surface area contributed by atoms with Crippen LogP contribution in [0.25, 0.3) is 16.9 Å². The van der Waals surface area contributed by atoms with Crippen LogP contribution in [0, 0.1) is 0 Å². The lowest BCUT2D eigenvalue weighted by Crippen LogP contribution is -2.09. The van der Waals surface area contributed by atoms with E-state index in [1.54, 1.807) is 0 Å². The molecule has 0 saturated heterocycles. The molecule has 0 atom stereocenters. The third-order valence-electron chi connectivity index (χ3n) is 3.35. The number of fused-ring (bicyclic) bond motifs is 1. The SMILES string of the molecule is CN(C)c1ccc2nc(-c3ccc(Br)c(Cl)c3)c(N)n2c1. The van der Waals surface area contributed by atoms with Crippen LogP contribution in [0.15, 0.2) is 41.0 Å². The summed E-state index contributed by atoms with van der Waals surface area (Å²) in [7, 11) is 3.98. The van der Waals surface area contributed by atoms with Crippen molar-refractivity contribution in [3.8, 4) is 11.3 Å². The van der Waals surface area contributed by atoms with Crippen LogP contribution in [-0.4, -0.2) is 23.5 Å². The summed E-state index contributed by atoms with van der Waals surface area (Å²) in [5, 5.41) is 0.637. The summed E-state index contributed by atoms with van der Waals surface area (Å²) in [6, 6.07) is 9.67. The highest BCUT2D eigenvalue weighted by Gasteiger charge is 2.13. The van der Waals surface area contributed by atoms with Gasteiger partial charge in [-0.1, -0.05) is 17.7 Å². The van der Waals surface area contributed by atoms with Crippen LogP contribution >= 0.6 is 27.5 Å². The van der Waals surface area contributed by atoms with E-state index in [-0.39, 0.29) is 0 Å². The molecule has 2 N–H and O–H groups in total. The number of halogens is 2. The molecule has 0 bridgehead atoms. The molecular weight excluding hydrogens is 352 g/mol. The maximum atomic E-state index is 6.26. The zero-order valence-corrected chi connectivity index (χ0v) is 14.0. The van der Waals surface area contributed by atoms with Gasteiger partial charge in [-0.3, -0.25) is 4.40 Å². The van der Waals surface area contributed by atoms with Crippen LogP contribution in [0.2, 0.25) is 5.02 Å². The van der Waals surface area contributed by atoms with Gasteiger partial charge in [0.2, 0.25) is 0 Å². The van der Waals surface area contributed by atoms with Gasteiger partial charge in [0.15, 0.2) is 0 Å². The molecule has 0 amide bonds. The standard InChI is InChI=1S/C15H14BrClN4/c1-20(2)10-4-6-13-19-14(15(18)21(13)8-10)9-3-5-11(16)12(17)7-9/h3-8H,18H2,1-2H3. The van der Waals surface area contributed by atoms with E-state index in [2.05, 4.69) is 20.9 Å². The Morgan fingerprint density at radius 3 is 2.67 bits per heavy atom. The van der Waals surface area contributed by atoms with Gasteiger partial charge in [-0.05, 0) is 40.2 Å². The van der Waals surface area contributed by atoms with E-state index in [0.29, 0.717) is 10.8 Å². The summed E-state index contributed by atoms with van der Waals surface area (Å²) in [6.45, 7) is 0. The lowest BCUT2D eigenvalue weighted by Gasteiger charge is -2.12. The normalized spacial score (nSPS) is 11.0. The molecule has 0 aliphatic rings. The summed E-state index contributed by atoms with van der Waals surface area (Å²) < 4.78 is 2.74. The fourth-order valence-electron chi connectivity index (χ4n) is 2.17. The average Bonchev–Trinajstić information content (AvgIpc) is 2.79. The molecule has 108 valence electrons. The third kappa shape index (κ3) is 2.47. The molecule has 0 saturated carbocycles. The van der Waals surface area contributed by atoms with Gasteiger partial charge in [-0.2, -0.15) is 0 Å². The number of anilines is 2. The predicted molar refractivity (Wildman–Crippen MR) is 92.1 cm³/mol. The van der Waals surface area contributed by atoms with Gasteiger partial charge in [0.1, 0.15) is 17.2 Å². The first-order valence-electron chi connectivity index (χ1n) is 6.37. The van der Waals surface area contributed by atoms with Crippen LogP contribution in [0.3, 0.4) is 0 Å². The number of pyridine rings is 1. The molecule has 0 radical (unpaired) electrons. The zero-order chi connectivity index (χ0) is 15.1. The number of rotatable bonds is 2. The Morgan fingerprint density at radius 1 is 1.24 bits per heavy atom. The molecular formula is C15H14BrClN4. The second-order valence-electron chi connectivity index (χ2n) is 4.98. The highest BCUT2D eigenvalue weighted by atomic mass is 79.9. The number of benzene rings is 1. The first-order chi connectivity index (χ1) is 9.97. The van der Waals surface area contributed by atoms with Crippen molar-refractivity contribution in [2.45, 2.75) is 0 Å². The number of hydrogen-bond acceptors (Lipinski definition) is 3. The summed E-state index contributed by atoms with van der Waals surface area (Å²) in [5.41, 5.74) is 9.76. The molecule has 3 aromatic rings. The summed E-state index contributed by atoms with van der Waals surface area (Å²) >= 11 is 9.54. The first-order valence-corrected chi connectivity index (χ1v) is 7.55. The Hall–Kier alpha value is -1.72. The van der Waals surface area contributed by atoms with E-state index in [0.717, 1.165) is 27.1 Å². The molecule has 4 nitrogen and oxygen atoms in total. The minimum atomic E-state index is 0.604. The maximum Gasteiger partial charge on any atom is 0.139 e. The van der Waals surface area contributed by atoms with Gasteiger partial charge in [0.25, 0.3) is 0 Å². The number of nitrogens with two attached hydrogens (primary N) is 1. The lowest BCUT2D eigenvalue weighted by atomic mass is 10.1. The molecule has 3 rings (SSSR count). The van der Waals surface area contributed by atoms with Crippen molar-refractivity contribution in [2.75, 3.05) is 24.7 Å².